The third-order valence-electron chi connectivity index (χ3n) is 5.49. The van der Waals surface area contributed by atoms with Crippen molar-refractivity contribution in [3.05, 3.63) is 62.3 Å². The number of benzene rings is 1. The summed E-state index contributed by atoms with van der Waals surface area (Å²) < 4.78 is 2.48. The van der Waals surface area contributed by atoms with Gasteiger partial charge in [0.05, 0.1) is 11.6 Å². The molecule has 1 aliphatic heterocycles. The van der Waals surface area contributed by atoms with Crippen molar-refractivity contribution in [3.8, 4) is 0 Å². The first kappa shape index (κ1) is 19.8. The number of hydrogen-bond donors (Lipinski definition) is 1. The number of fused-ring (bicyclic) bond motifs is 1. The van der Waals surface area contributed by atoms with Gasteiger partial charge in [0.15, 0.2) is 0 Å². The van der Waals surface area contributed by atoms with Crippen molar-refractivity contribution in [2.75, 3.05) is 0 Å². The maximum atomic E-state index is 12.6. The third-order valence-corrected chi connectivity index (χ3v) is 5.49. The first-order chi connectivity index (χ1) is 13.3. The van der Waals surface area contributed by atoms with Crippen LogP contribution in [-0.4, -0.2) is 21.3 Å². The van der Waals surface area contributed by atoms with Crippen LogP contribution >= 0.6 is 0 Å². The summed E-state index contributed by atoms with van der Waals surface area (Å²) in [5.74, 6) is 0.260. The van der Waals surface area contributed by atoms with Crippen LogP contribution in [0.4, 0.5) is 5.82 Å². The molecule has 0 aliphatic carbocycles. The fourth-order valence-corrected chi connectivity index (χ4v) is 3.63. The lowest BCUT2D eigenvalue weighted by Crippen LogP contribution is -2.39. The fraction of sp³-hybridized carbons (Fsp3) is 0.429. The van der Waals surface area contributed by atoms with Crippen LogP contribution in [0.25, 0.3) is 0 Å². The number of rotatable bonds is 4. The monoisotopic (exact) mass is 382 g/mol. The summed E-state index contributed by atoms with van der Waals surface area (Å²) in [5.41, 5.74) is 0.786. The topological polar surface area (TPSA) is 85.5 Å². The summed E-state index contributed by atoms with van der Waals surface area (Å²) in [7, 11) is 3.07. The highest BCUT2D eigenvalue weighted by molar-refractivity contribution is 5.78. The molecule has 3 atom stereocenters. The van der Waals surface area contributed by atoms with Crippen molar-refractivity contribution in [1.29, 1.82) is 0 Å². The number of carbonyl (C=O) groups is 1. The number of aliphatic imine (C=N–C) groups is 1. The van der Waals surface area contributed by atoms with Crippen LogP contribution in [0.2, 0.25) is 0 Å². The minimum Gasteiger partial charge on any atom is -0.350 e. The van der Waals surface area contributed by atoms with Gasteiger partial charge in [-0.2, -0.15) is 0 Å². The van der Waals surface area contributed by atoms with E-state index in [9.17, 15) is 14.4 Å². The molecule has 1 aromatic carbocycles. The first-order valence-electron chi connectivity index (χ1n) is 9.47. The zero-order chi connectivity index (χ0) is 20.4. The van der Waals surface area contributed by atoms with Gasteiger partial charge in [0.2, 0.25) is 5.91 Å². The van der Waals surface area contributed by atoms with E-state index in [1.807, 2.05) is 44.2 Å². The molecule has 0 saturated carbocycles. The smallest absolute Gasteiger partial charge is 0.332 e. The second-order valence-electron chi connectivity index (χ2n) is 7.51. The highest BCUT2D eigenvalue weighted by Crippen LogP contribution is 2.27. The highest BCUT2D eigenvalue weighted by atomic mass is 16.2. The number of carbonyl (C=O) groups excluding carboxylic acids is 1. The molecule has 1 N–H and O–H groups in total. The van der Waals surface area contributed by atoms with E-state index in [0.717, 1.165) is 10.1 Å². The molecule has 3 unspecified atom stereocenters. The lowest BCUT2D eigenvalue weighted by molar-refractivity contribution is -0.122. The van der Waals surface area contributed by atoms with Crippen molar-refractivity contribution < 1.29 is 4.79 Å². The predicted octanol–water partition coefficient (Wildman–Crippen LogP) is 1.86. The van der Waals surface area contributed by atoms with Gasteiger partial charge in [-0.05, 0) is 30.7 Å². The molecule has 7 nitrogen and oxygen atoms in total. The van der Waals surface area contributed by atoms with Crippen LogP contribution < -0.4 is 16.6 Å². The first-order valence-corrected chi connectivity index (χ1v) is 9.47. The maximum absolute atomic E-state index is 12.6. The van der Waals surface area contributed by atoms with Crippen LogP contribution in [0.5, 0.6) is 0 Å². The van der Waals surface area contributed by atoms with Crippen LogP contribution in [0.1, 0.15) is 37.4 Å². The summed E-state index contributed by atoms with van der Waals surface area (Å²) in [6, 6.07) is 9.69. The quantitative estimate of drug-likeness (QED) is 0.876. The largest absolute Gasteiger partial charge is 0.350 e. The number of nitrogens with one attached hydrogen (secondary N) is 1. The molecule has 0 radical (unpaired) electrons. The molecule has 148 valence electrons. The Labute approximate surface area is 163 Å². The van der Waals surface area contributed by atoms with E-state index in [0.29, 0.717) is 17.8 Å². The standard InChI is InChI=1S/C21H26N4O3/c1-13-12-22-19-17(20(27)25(4)21(28)24(19)3)10-16(13)11-18(26)23-14(2)15-8-6-5-7-9-15/h5-9,12-14,16H,10-11H2,1-4H3,(H,23,26). The Bertz CT molecular complexity index is 1020. The molecule has 1 aromatic heterocycles. The van der Waals surface area contributed by atoms with Gasteiger partial charge in [0.1, 0.15) is 5.82 Å². The van der Waals surface area contributed by atoms with E-state index >= 15 is 0 Å². The predicted molar refractivity (Wildman–Crippen MR) is 109 cm³/mol. The van der Waals surface area contributed by atoms with Gasteiger partial charge in [0, 0.05) is 26.7 Å². The summed E-state index contributed by atoms with van der Waals surface area (Å²) in [4.78, 5) is 41.8. The van der Waals surface area contributed by atoms with Gasteiger partial charge in [0.25, 0.3) is 5.56 Å². The molecule has 0 bridgehead atoms. The Balaban J connectivity index is 1.80. The molecule has 0 saturated heterocycles. The third kappa shape index (κ3) is 3.83. The van der Waals surface area contributed by atoms with Gasteiger partial charge in [-0.1, -0.05) is 37.3 Å². The van der Waals surface area contributed by atoms with Gasteiger partial charge in [-0.15, -0.1) is 0 Å². The number of amides is 1. The second-order valence-corrected chi connectivity index (χ2v) is 7.51. The molecular weight excluding hydrogens is 356 g/mol. The Morgan fingerprint density at radius 2 is 1.89 bits per heavy atom. The Kier molecular flexibility index (Phi) is 5.63. The van der Waals surface area contributed by atoms with E-state index in [1.165, 1.54) is 11.6 Å². The van der Waals surface area contributed by atoms with Crippen LogP contribution in [0.15, 0.2) is 44.9 Å². The van der Waals surface area contributed by atoms with Gasteiger partial charge in [-0.3, -0.25) is 18.7 Å². The number of nitrogens with zero attached hydrogens (tertiary/aromatic N) is 3. The zero-order valence-electron chi connectivity index (χ0n) is 16.7. The Morgan fingerprint density at radius 3 is 2.57 bits per heavy atom. The van der Waals surface area contributed by atoms with E-state index in [1.54, 1.807) is 13.3 Å². The van der Waals surface area contributed by atoms with Crippen molar-refractivity contribution in [1.82, 2.24) is 14.5 Å². The Hall–Kier alpha value is -2.96. The maximum Gasteiger partial charge on any atom is 0.332 e. The molecule has 0 fully saturated rings. The van der Waals surface area contributed by atoms with Crippen LogP contribution in [-0.2, 0) is 25.3 Å². The molecule has 1 aliphatic rings. The zero-order valence-corrected chi connectivity index (χ0v) is 16.7. The fourth-order valence-electron chi connectivity index (χ4n) is 3.63. The average molecular weight is 382 g/mol. The van der Waals surface area contributed by atoms with Crippen LogP contribution in [0, 0.1) is 11.8 Å². The second kappa shape index (κ2) is 7.96. The summed E-state index contributed by atoms with van der Waals surface area (Å²) in [6.07, 6.45) is 2.43. The molecule has 1 amide bonds. The SMILES string of the molecule is CC(NC(=O)CC1Cc2c(n(C)c(=O)n(C)c2=O)N=CC1C)c1ccccc1. The van der Waals surface area contributed by atoms with E-state index < -0.39 is 5.69 Å². The molecule has 3 rings (SSSR count). The molecule has 28 heavy (non-hydrogen) atoms. The van der Waals surface area contributed by atoms with Crippen LogP contribution in [0.3, 0.4) is 0 Å². The minimum absolute atomic E-state index is 0.00462. The number of aromatic nitrogens is 2. The van der Waals surface area contributed by atoms with Crippen molar-refractivity contribution >= 4 is 17.9 Å². The lowest BCUT2D eigenvalue weighted by Gasteiger charge is -2.21. The van der Waals surface area contributed by atoms with Crippen molar-refractivity contribution in [2.24, 2.45) is 30.9 Å². The summed E-state index contributed by atoms with van der Waals surface area (Å²) in [6.45, 7) is 3.93. The van der Waals surface area contributed by atoms with Gasteiger partial charge in [-0.25, -0.2) is 9.79 Å². The normalized spacial score (nSPS) is 19.6. The summed E-state index contributed by atoms with van der Waals surface area (Å²) >= 11 is 0. The minimum atomic E-state index is -0.401. The van der Waals surface area contributed by atoms with E-state index in [2.05, 4.69) is 10.3 Å². The summed E-state index contributed by atoms with van der Waals surface area (Å²) in [5, 5.41) is 3.03. The Morgan fingerprint density at radius 1 is 1.21 bits per heavy atom. The lowest BCUT2D eigenvalue weighted by atomic mass is 9.86. The van der Waals surface area contributed by atoms with Gasteiger partial charge < -0.3 is 5.32 Å². The molecule has 2 aromatic rings. The van der Waals surface area contributed by atoms with Crippen molar-refractivity contribution in [3.63, 3.8) is 0 Å². The van der Waals surface area contributed by atoms with Gasteiger partial charge >= 0.3 is 5.69 Å². The molecule has 7 heteroatoms. The average Bonchev–Trinajstić information content (AvgIpc) is 2.85. The number of hydrogen-bond acceptors (Lipinski definition) is 4. The molecule has 0 spiro atoms. The van der Waals surface area contributed by atoms with Crippen molar-refractivity contribution in [2.45, 2.75) is 32.7 Å². The molecular formula is C21H26N4O3. The van der Waals surface area contributed by atoms with E-state index in [-0.39, 0.29) is 35.8 Å². The molecule has 2 heterocycles. The van der Waals surface area contributed by atoms with E-state index in [4.69, 9.17) is 0 Å². The highest BCUT2D eigenvalue weighted by Gasteiger charge is 2.27.